The number of hydrogen-bond donors (Lipinski definition) is 0. The highest BCUT2D eigenvalue weighted by atomic mass is 16.5. The van der Waals surface area contributed by atoms with Gasteiger partial charge < -0.3 is 4.74 Å². The van der Waals surface area contributed by atoms with Crippen molar-refractivity contribution in [3.63, 3.8) is 0 Å². The topological polar surface area (TPSA) is 26.3 Å². The molecule has 0 unspecified atom stereocenters. The second-order valence-corrected chi connectivity index (χ2v) is 6.26. The number of carbonyl (C=O) groups is 1. The fraction of sp³-hybridized carbons (Fsp3) is 0.471. The van der Waals surface area contributed by atoms with Crippen molar-refractivity contribution in [3.05, 3.63) is 40.6 Å². The van der Waals surface area contributed by atoms with Gasteiger partial charge in [0.1, 0.15) is 5.76 Å². The van der Waals surface area contributed by atoms with Gasteiger partial charge in [-0.25, -0.2) is 0 Å². The van der Waals surface area contributed by atoms with E-state index in [-0.39, 0.29) is 11.2 Å². The molecular formula is C17H22O2. The maximum Gasteiger partial charge on any atom is 0.167 e. The van der Waals surface area contributed by atoms with Crippen LogP contribution in [0.15, 0.2) is 24.0 Å². The van der Waals surface area contributed by atoms with Crippen molar-refractivity contribution in [2.75, 3.05) is 7.11 Å². The smallest absolute Gasteiger partial charge is 0.167 e. The molecule has 0 amide bonds. The largest absolute Gasteiger partial charge is 0.500 e. The third-order valence-electron chi connectivity index (χ3n) is 3.73. The zero-order valence-electron chi connectivity index (χ0n) is 12.5. The van der Waals surface area contributed by atoms with Crippen molar-refractivity contribution in [2.24, 2.45) is 5.41 Å². The Kier molecular flexibility index (Phi) is 3.53. The first-order valence-corrected chi connectivity index (χ1v) is 6.72. The minimum absolute atomic E-state index is 0.00940. The number of ether oxygens (including phenoxy) is 1. The number of ketones is 1. The van der Waals surface area contributed by atoms with Crippen LogP contribution in [0.1, 0.15) is 43.4 Å². The van der Waals surface area contributed by atoms with Crippen molar-refractivity contribution >= 4 is 11.4 Å². The Hall–Kier alpha value is -1.57. The highest BCUT2D eigenvalue weighted by Crippen LogP contribution is 2.41. The lowest BCUT2D eigenvalue weighted by Gasteiger charge is -2.31. The van der Waals surface area contributed by atoms with Crippen LogP contribution in [0, 0.1) is 19.3 Å². The fourth-order valence-corrected chi connectivity index (χ4v) is 2.83. The van der Waals surface area contributed by atoms with Gasteiger partial charge in [-0.05, 0) is 30.4 Å². The number of allylic oxidation sites excluding steroid dienone is 2. The summed E-state index contributed by atoms with van der Waals surface area (Å²) in [4.78, 5) is 12.5. The van der Waals surface area contributed by atoms with Crippen LogP contribution in [0.5, 0.6) is 0 Å². The normalized spacial score (nSPS) is 18.7. The predicted molar refractivity (Wildman–Crippen MR) is 77.9 cm³/mol. The summed E-state index contributed by atoms with van der Waals surface area (Å²) >= 11 is 0. The molecule has 1 aliphatic carbocycles. The van der Waals surface area contributed by atoms with Gasteiger partial charge in [-0.3, -0.25) is 4.79 Å². The van der Waals surface area contributed by atoms with E-state index in [9.17, 15) is 4.79 Å². The van der Waals surface area contributed by atoms with Crippen LogP contribution >= 0.6 is 0 Å². The number of benzene rings is 1. The van der Waals surface area contributed by atoms with E-state index in [1.807, 2.05) is 6.07 Å². The van der Waals surface area contributed by atoms with Gasteiger partial charge in [0.05, 0.1) is 12.7 Å². The standard InChI is InChI=1S/C17H22O2/c1-11-6-7-13(12(2)8-11)16-14(18)9-17(3,4)10-15(16)19-5/h6-8H,9-10H2,1-5H3. The molecule has 19 heavy (non-hydrogen) atoms. The lowest BCUT2D eigenvalue weighted by molar-refractivity contribution is -0.116. The maximum atomic E-state index is 12.5. The molecule has 0 bridgehead atoms. The summed E-state index contributed by atoms with van der Waals surface area (Å²) in [5.41, 5.74) is 4.13. The maximum absolute atomic E-state index is 12.5. The first-order chi connectivity index (χ1) is 8.84. The molecule has 0 N–H and O–H groups in total. The van der Waals surface area contributed by atoms with E-state index in [0.717, 1.165) is 28.9 Å². The molecule has 0 spiro atoms. The SMILES string of the molecule is COC1=C(c2ccc(C)cc2C)C(=O)CC(C)(C)C1. The van der Waals surface area contributed by atoms with E-state index < -0.39 is 0 Å². The molecule has 2 rings (SSSR count). The molecule has 0 radical (unpaired) electrons. The van der Waals surface area contributed by atoms with Crippen molar-refractivity contribution in [3.8, 4) is 0 Å². The Bertz CT molecular complexity index is 550. The van der Waals surface area contributed by atoms with E-state index >= 15 is 0 Å². The highest BCUT2D eigenvalue weighted by Gasteiger charge is 2.34. The summed E-state index contributed by atoms with van der Waals surface area (Å²) < 4.78 is 5.51. The van der Waals surface area contributed by atoms with Crippen LogP contribution in [0.4, 0.5) is 0 Å². The Morgan fingerprint density at radius 1 is 1.16 bits per heavy atom. The lowest BCUT2D eigenvalue weighted by Crippen LogP contribution is -2.26. The van der Waals surface area contributed by atoms with Gasteiger partial charge >= 0.3 is 0 Å². The third kappa shape index (κ3) is 2.73. The molecular weight excluding hydrogens is 236 g/mol. The molecule has 0 aliphatic heterocycles. The van der Waals surface area contributed by atoms with Crippen molar-refractivity contribution in [1.82, 2.24) is 0 Å². The number of hydrogen-bond acceptors (Lipinski definition) is 2. The van der Waals surface area contributed by atoms with Gasteiger partial charge in [0.2, 0.25) is 0 Å². The average molecular weight is 258 g/mol. The minimum Gasteiger partial charge on any atom is -0.500 e. The van der Waals surface area contributed by atoms with Crippen LogP contribution in [0.2, 0.25) is 0 Å². The summed E-state index contributed by atoms with van der Waals surface area (Å²) in [5, 5.41) is 0. The molecule has 0 atom stereocenters. The average Bonchev–Trinajstić information content (AvgIpc) is 2.29. The molecule has 2 nitrogen and oxygen atoms in total. The van der Waals surface area contributed by atoms with Crippen LogP contribution in [-0.4, -0.2) is 12.9 Å². The van der Waals surface area contributed by atoms with Crippen LogP contribution in [0.25, 0.3) is 5.57 Å². The number of methoxy groups -OCH3 is 1. The molecule has 0 heterocycles. The quantitative estimate of drug-likeness (QED) is 0.800. The summed E-state index contributed by atoms with van der Waals surface area (Å²) in [6, 6.07) is 6.20. The fourth-order valence-electron chi connectivity index (χ4n) is 2.83. The Morgan fingerprint density at radius 3 is 2.42 bits per heavy atom. The lowest BCUT2D eigenvalue weighted by atomic mass is 9.74. The van der Waals surface area contributed by atoms with E-state index in [1.54, 1.807) is 7.11 Å². The van der Waals surface area contributed by atoms with Crippen LogP contribution in [0.3, 0.4) is 0 Å². The van der Waals surface area contributed by atoms with E-state index in [4.69, 9.17) is 4.74 Å². The van der Waals surface area contributed by atoms with Crippen molar-refractivity contribution in [1.29, 1.82) is 0 Å². The summed E-state index contributed by atoms with van der Waals surface area (Å²) in [6.07, 6.45) is 1.40. The molecule has 0 fully saturated rings. The highest BCUT2D eigenvalue weighted by molar-refractivity contribution is 6.22. The number of carbonyl (C=O) groups excluding carboxylic acids is 1. The third-order valence-corrected chi connectivity index (χ3v) is 3.73. The number of Topliss-reactive ketones (excluding diaryl/α,β-unsaturated/α-hetero) is 1. The summed E-state index contributed by atoms with van der Waals surface area (Å²) in [5.74, 6) is 1.02. The van der Waals surface area contributed by atoms with Gasteiger partial charge in [-0.15, -0.1) is 0 Å². The molecule has 0 saturated heterocycles. The summed E-state index contributed by atoms with van der Waals surface area (Å²) in [7, 11) is 1.66. The zero-order valence-corrected chi connectivity index (χ0v) is 12.5. The Balaban J connectivity index is 2.57. The zero-order chi connectivity index (χ0) is 14.2. The van der Waals surface area contributed by atoms with E-state index in [2.05, 4.69) is 39.8 Å². The Labute approximate surface area is 115 Å². The van der Waals surface area contributed by atoms with Gasteiger partial charge in [-0.1, -0.05) is 37.6 Å². The monoisotopic (exact) mass is 258 g/mol. The van der Waals surface area contributed by atoms with Gasteiger partial charge in [0.25, 0.3) is 0 Å². The number of rotatable bonds is 2. The number of aryl methyl sites for hydroxylation is 2. The first-order valence-electron chi connectivity index (χ1n) is 6.72. The van der Waals surface area contributed by atoms with E-state index in [0.29, 0.717) is 6.42 Å². The minimum atomic E-state index is -0.00940. The van der Waals surface area contributed by atoms with E-state index in [1.165, 1.54) is 5.56 Å². The van der Waals surface area contributed by atoms with Gasteiger partial charge in [-0.2, -0.15) is 0 Å². The first kappa shape index (κ1) is 13.9. The van der Waals surface area contributed by atoms with Crippen LogP contribution in [-0.2, 0) is 9.53 Å². The molecule has 1 aromatic carbocycles. The summed E-state index contributed by atoms with van der Waals surface area (Å²) in [6.45, 7) is 8.34. The van der Waals surface area contributed by atoms with Crippen molar-refractivity contribution < 1.29 is 9.53 Å². The molecule has 2 heteroatoms. The molecule has 0 saturated carbocycles. The predicted octanol–water partition coefficient (Wildman–Crippen LogP) is 4.05. The van der Waals surface area contributed by atoms with Gasteiger partial charge in [0.15, 0.2) is 5.78 Å². The molecule has 102 valence electrons. The van der Waals surface area contributed by atoms with Crippen LogP contribution < -0.4 is 0 Å². The second-order valence-electron chi connectivity index (χ2n) is 6.26. The molecule has 0 aromatic heterocycles. The molecule has 1 aliphatic rings. The van der Waals surface area contributed by atoms with Gasteiger partial charge in [0, 0.05) is 12.8 Å². The Morgan fingerprint density at radius 2 is 1.84 bits per heavy atom. The second kappa shape index (κ2) is 4.84. The van der Waals surface area contributed by atoms with Crippen molar-refractivity contribution in [2.45, 2.75) is 40.5 Å². The molecule has 1 aromatic rings.